The van der Waals surface area contributed by atoms with E-state index in [4.69, 9.17) is 5.73 Å². The number of benzene rings is 2. The zero-order chi connectivity index (χ0) is 52.2. The number of aromatic amines is 2. The van der Waals surface area contributed by atoms with Crippen molar-refractivity contribution in [3.63, 3.8) is 0 Å². The van der Waals surface area contributed by atoms with E-state index in [9.17, 15) is 43.5 Å². The number of nitrogens with two attached hydrogens (primary N) is 1. The summed E-state index contributed by atoms with van der Waals surface area (Å²) >= 11 is 1.44. The van der Waals surface area contributed by atoms with Crippen LogP contribution in [-0.2, 0) is 62.4 Å². The fraction of sp³-hybridized carbons (Fsp3) is 0.451. The van der Waals surface area contributed by atoms with Gasteiger partial charge in [0.05, 0.1) is 12.7 Å². The van der Waals surface area contributed by atoms with Crippen LogP contribution in [-0.4, -0.2) is 138 Å². The SMILES string of the molecule is CCCC[C@H](NC(C)=O)C(=O)N1[C@H](C(N)=O)CCCCNC(=O)[C@H](Cc2c[nH]c3ccccc23)NC(=O)[C@@H]2CCCN2C(=O)[C@@H](Cc2csc3ccccc23)NC(=O)[C@H](Cc2cnc[nH]2)NC(=O)[C@@H]1CC(=O)O. The predicted molar refractivity (Wildman–Crippen MR) is 270 cm³/mol. The van der Waals surface area contributed by atoms with Gasteiger partial charge in [0.15, 0.2) is 0 Å². The van der Waals surface area contributed by atoms with E-state index in [0.717, 1.165) is 37.0 Å². The van der Waals surface area contributed by atoms with Crippen LogP contribution in [0.4, 0.5) is 0 Å². The van der Waals surface area contributed by atoms with Crippen LogP contribution >= 0.6 is 11.3 Å². The van der Waals surface area contributed by atoms with E-state index in [1.807, 2.05) is 60.8 Å². The van der Waals surface area contributed by atoms with E-state index in [1.165, 1.54) is 35.7 Å². The van der Waals surface area contributed by atoms with E-state index in [2.05, 4.69) is 41.5 Å². The molecule has 5 heterocycles. The molecular weight excluding hydrogens is 959 g/mol. The van der Waals surface area contributed by atoms with Crippen molar-refractivity contribution in [1.29, 1.82) is 0 Å². The summed E-state index contributed by atoms with van der Waals surface area (Å²) in [6.07, 6.45) is 5.17. The smallest absolute Gasteiger partial charge is 0.305 e. The second kappa shape index (κ2) is 24.7. The van der Waals surface area contributed by atoms with Crippen molar-refractivity contribution in [2.75, 3.05) is 13.1 Å². The number of carbonyl (C=O) groups excluding carboxylic acids is 8. The van der Waals surface area contributed by atoms with Gasteiger partial charge in [0, 0.05) is 73.0 Å². The molecule has 21 nitrogen and oxygen atoms in total. The molecule has 2 saturated heterocycles. The molecule has 2 aliphatic heterocycles. The second-order valence-corrected chi connectivity index (χ2v) is 19.5. The Morgan fingerprint density at radius 2 is 1.55 bits per heavy atom. The molecule has 22 heteroatoms. The first-order chi connectivity index (χ1) is 35.1. The summed E-state index contributed by atoms with van der Waals surface area (Å²) in [5.41, 5.74) is 8.69. The number of fused-ring (bicyclic) bond motifs is 3. The number of nitrogens with one attached hydrogen (secondary N) is 7. The lowest BCUT2D eigenvalue weighted by Crippen LogP contribution is -2.64. The van der Waals surface area contributed by atoms with Gasteiger partial charge in [-0.05, 0) is 72.6 Å². The van der Waals surface area contributed by atoms with Gasteiger partial charge >= 0.3 is 5.97 Å². The standard InChI is InChI=1S/C51H63N11O10S/c1-3-4-14-36(57-29(2)63)51(72)62-40(45(52)66)16-9-10-19-54-46(67)37(21-30-25-55-35-15-7-5-12-33(30)35)58-48(69)41-17-11-20-61(41)50(71)39(22-31-27-73-43-18-8-6-13-34(31)43)60-47(68)38(23-32-26-53-28-56-32)59-49(70)42(62)24-44(64)65/h5-8,12-13,15,18,25-28,36-42,55H,3-4,9-11,14,16-17,19-24H2,1-2H3,(H2,52,66)(H,53,56)(H,54,67)(H,57,63)(H,58,69)(H,59,70)(H,60,68)(H,64,65)/t36-,37-,38-,39+,40-,41-,42-/m0/s1. The van der Waals surface area contributed by atoms with Gasteiger partial charge in [-0.25, -0.2) is 4.98 Å². The Morgan fingerprint density at radius 3 is 2.27 bits per heavy atom. The molecule has 0 unspecified atom stereocenters. The number of aromatic nitrogens is 3. The zero-order valence-corrected chi connectivity index (χ0v) is 41.6. The van der Waals surface area contributed by atoms with Crippen LogP contribution in [0, 0.1) is 0 Å². The van der Waals surface area contributed by atoms with Crippen LogP contribution in [0.15, 0.2) is 72.6 Å². The maximum Gasteiger partial charge on any atom is 0.305 e. The molecule has 7 rings (SSSR count). The van der Waals surface area contributed by atoms with Gasteiger partial charge in [-0.15, -0.1) is 11.3 Å². The monoisotopic (exact) mass is 1020 g/mol. The Bertz CT molecular complexity index is 2810. The van der Waals surface area contributed by atoms with Gasteiger partial charge < -0.3 is 57.2 Å². The van der Waals surface area contributed by atoms with Crippen molar-refractivity contribution >= 4 is 85.6 Å². The molecule has 7 atom stereocenters. The summed E-state index contributed by atoms with van der Waals surface area (Å²) in [5, 5.41) is 27.8. The van der Waals surface area contributed by atoms with Crippen molar-refractivity contribution in [2.24, 2.45) is 5.73 Å². The third kappa shape index (κ3) is 13.3. The summed E-state index contributed by atoms with van der Waals surface area (Å²) in [4.78, 5) is 140. The molecule has 10 N–H and O–H groups in total. The van der Waals surface area contributed by atoms with Crippen LogP contribution in [0.5, 0.6) is 0 Å². The summed E-state index contributed by atoms with van der Waals surface area (Å²) in [5.74, 6) is -7.87. The number of carbonyl (C=O) groups is 9. The first-order valence-corrected chi connectivity index (χ1v) is 25.6. The Kier molecular flexibility index (Phi) is 18.0. The number of para-hydroxylation sites is 1. The van der Waals surface area contributed by atoms with Crippen LogP contribution < -0.4 is 32.3 Å². The maximum atomic E-state index is 15.1. The third-order valence-corrected chi connectivity index (χ3v) is 14.4. The van der Waals surface area contributed by atoms with Crippen molar-refractivity contribution in [1.82, 2.24) is 51.3 Å². The van der Waals surface area contributed by atoms with Gasteiger partial charge in [0.2, 0.25) is 47.3 Å². The van der Waals surface area contributed by atoms with Gasteiger partial charge in [-0.2, -0.15) is 0 Å². The van der Waals surface area contributed by atoms with E-state index < -0.39 is 102 Å². The number of carboxylic acids is 1. The van der Waals surface area contributed by atoms with Gasteiger partial charge in [0.1, 0.15) is 42.3 Å². The first-order valence-electron chi connectivity index (χ1n) is 24.7. The summed E-state index contributed by atoms with van der Waals surface area (Å²) in [6.45, 7) is 3.23. The number of primary amides is 1. The van der Waals surface area contributed by atoms with Crippen LogP contribution in [0.25, 0.3) is 21.0 Å². The Hall–Kier alpha value is -7.62. The maximum absolute atomic E-state index is 15.1. The highest BCUT2D eigenvalue weighted by Gasteiger charge is 2.44. The number of thiophene rings is 1. The normalized spacial score (nSPS) is 22.4. The molecule has 5 aromatic rings. The quantitative estimate of drug-likeness (QED) is 0.0776. The number of H-pyrrole nitrogens is 2. The van der Waals surface area contributed by atoms with Crippen LogP contribution in [0.3, 0.4) is 0 Å². The minimum atomic E-state index is -1.96. The molecule has 388 valence electrons. The minimum Gasteiger partial charge on any atom is -0.481 e. The summed E-state index contributed by atoms with van der Waals surface area (Å²) < 4.78 is 0.926. The van der Waals surface area contributed by atoms with Gasteiger partial charge in [-0.3, -0.25) is 43.2 Å². The Morgan fingerprint density at radius 1 is 0.836 bits per heavy atom. The molecule has 2 fully saturated rings. The molecule has 0 radical (unpaired) electrons. The minimum absolute atomic E-state index is 0.0264. The number of imidazole rings is 1. The predicted octanol–water partition coefficient (Wildman–Crippen LogP) is 2.10. The number of amides is 8. The first kappa shape index (κ1) is 53.2. The van der Waals surface area contributed by atoms with E-state index in [0.29, 0.717) is 25.0 Å². The van der Waals surface area contributed by atoms with Crippen molar-refractivity contribution in [3.05, 3.63) is 89.5 Å². The number of nitrogens with zero attached hydrogens (tertiary/aromatic N) is 3. The summed E-state index contributed by atoms with van der Waals surface area (Å²) in [7, 11) is 0. The van der Waals surface area contributed by atoms with E-state index in [1.54, 1.807) is 6.20 Å². The van der Waals surface area contributed by atoms with Crippen molar-refractivity contribution < 1.29 is 48.3 Å². The third-order valence-electron chi connectivity index (χ3n) is 13.4. The lowest BCUT2D eigenvalue weighted by Gasteiger charge is -2.38. The Labute approximate surface area is 425 Å². The van der Waals surface area contributed by atoms with Crippen LogP contribution in [0.1, 0.15) is 88.5 Å². The fourth-order valence-electron chi connectivity index (χ4n) is 9.79. The fourth-order valence-corrected chi connectivity index (χ4v) is 10.8. The number of hydrogen-bond acceptors (Lipinski definition) is 11. The Balaban J connectivity index is 1.32. The van der Waals surface area contributed by atoms with Gasteiger partial charge in [-0.1, -0.05) is 56.2 Å². The molecule has 2 aromatic carbocycles. The molecule has 0 spiro atoms. The van der Waals surface area contributed by atoms with Crippen molar-refractivity contribution in [2.45, 2.75) is 133 Å². The molecule has 3 aromatic heterocycles. The number of aliphatic carboxylic acids is 1. The average Bonchev–Trinajstić information content (AvgIpc) is 4.21. The average molecular weight is 1020 g/mol. The highest BCUT2D eigenvalue weighted by molar-refractivity contribution is 7.17. The topological polar surface area (TPSA) is 311 Å². The second-order valence-electron chi connectivity index (χ2n) is 18.6. The van der Waals surface area contributed by atoms with Crippen molar-refractivity contribution in [3.8, 4) is 0 Å². The molecule has 8 amide bonds. The molecular formula is C51H63N11O10S. The number of rotatable bonds is 14. The largest absolute Gasteiger partial charge is 0.481 e. The highest BCUT2D eigenvalue weighted by Crippen LogP contribution is 2.29. The molecule has 0 saturated carbocycles. The molecule has 0 bridgehead atoms. The lowest BCUT2D eigenvalue weighted by molar-refractivity contribution is -0.154. The molecule has 2 aliphatic rings. The summed E-state index contributed by atoms with van der Waals surface area (Å²) in [6, 6.07) is 5.14. The van der Waals surface area contributed by atoms with Crippen LogP contribution in [0.2, 0.25) is 0 Å². The molecule has 73 heavy (non-hydrogen) atoms. The van der Waals surface area contributed by atoms with Gasteiger partial charge in [0.25, 0.3) is 0 Å². The number of hydrogen-bond donors (Lipinski definition) is 9. The highest BCUT2D eigenvalue weighted by atomic mass is 32.1. The van der Waals surface area contributed by atoms with E-state index in [-0.39, 0.29) is 64.5 Å². The lowest BCUT2D eigenvalue weighted by atomic mass is 9.98. The molecule has 0 aliphatic carbocycles. The number of unbranched alkanes of at least 4 members (excludes halogenated alkanes) is 1. The number of carboxylic acid groups (broad SMARTS) is 1. The van der Waals surface area contributed by atoms with E-state index >= 15 is 4.79 Å². The zero-order valence-electron chi connectivity index (χ0n) is 40.8.